The number of nitrogens with one attached hydrogen (secondary N) is 1. The van der Waals surface area contributed by atoms with Gasteiger partial charge in [-0.1, -0.05) is 18.5 Å². The van der Waals surface area contributed by atoms with Crippen LogP contribution in [-0.4, -0.2) is 56.1 Å². The zero-order valence-corrected chi connectivity index (χ0v) is 20.6. The summed E-state index contributed by atoms with van der Waals surface area (Å²) in [6, 6.07) is 6.52. The smallest absolute Gasteiger partial charge is 0.272 e. The molecule has 3 aromatic heterocycles. The van der Waals surface area contributed by atoms with Crippen LogP contribution in [0.25, 0.3) is 11.3 Å². The number of likely N-dealkylation sites (tertiary alicyclic amines) is 1. The molecule has 2 amide bonds. The molecule has 36 heavy (non-hydrogen) atoms. The highest BCUT2D eigenvalue weighted by atomic mass is 35.5. The molecule has 1 saturated carbocycles. The number of halogens is 2. The van der Waals surface area contributed by atoms with Crippen LogP contribution in [0.3, 0.4) is 0 Å². The van der Waals surface area contributed by atoms with Gasteiger partial charge in [0, 0.05) is 41.7 Å². The summed E-state index contributed by atoms with van der Waals surface area (Å²) in [5, 5.41) is 7.49. The van der Waals surface area contributed by atoms with Crippen LogP contribution < -0.4 is 10.5 Å². The van der Waals surface area contributed by atoms with Crippen molar-refractivity contribution in [2.75, 3.05) is 13.7 Å². The van der Waals surface area contributed by atoms with E-state index < -0.39 is 11.4 Å². The van der Waals surface area contributed by atoms with E-state index in [0.29, 0.717) is 30.8 Å². The average Bonchev–Trinajstić information content (AvgIpc) is 3.34. The van der Waals surface area contributed by atoms with Gasteiger partial charge in [0.25, 0.3) is 5.91 Å². The molecule has 1 spiro atoms. The van der Waals surface area contributed by atoms with Gasteiger partial charge in [-0.15, -0.1) is 0 Å². The molecule has 3 unspecified atom stereocenters. The summed E-state index contributed by atoms with van der Waals surface area (Å²) >= 11 is 6.41. The first-order chi connectivity index (χ1) is 17.2. The van der Waals surface area contributed by atoms with Crippen molar-refractivity contribution >= 4 is 23.4 Å². The van der Waals surface area contributed by atoms with Crippen molar-refractivity contribution in [1.29, 1.82) is 0 Å². The van der Waals surface area contributed by atoms with Crippen LogP contribution in [0, 0.1) is 17.7 Å². The Kier molecular flexibility index (Phi) is 6.15. The second kappa shape index (κ2) is 9.16. The van der Waals surface area contributed by atoms with Crippen LogP contribution in [0.2, 0.25) is 5.02 Å². The van der Waals surface area contributed by atoms with Crippen molar-refractivity contribution in [3.8, 4) is 17.1 Å². The maximum atomic E-state index is 14.4. The van der Waals surface area contributed by atoms with Crippen LogP contribution in [0.1, 0.15) is 48.3 Å². The molecule has 11 heteroatoms. The number of hydrogen-bond acceptors (Lipinski definition) is 6. The lowest BCUT2D eigenvalue weighted by Crippen LogP contribution is -2.51. The number of aromatic amines is 1. The monoisotopic (exact) mass is 512 g/mol. The molecule has 1 aliphatic heterocycles. The molecular formula is C25H26ClFN6O3. The molecule has 188 valence electrons. The van der Waals surface area contributed by atoms with Gasteiger partial charge in [0.05, 0.1) is 29.7 Å². The Balaban J connectivity index is 1.44. The molecule has 0 bridgehead atoms. The fourth-order valence-electron chi connectivity index (χ4n) is 5.57. The Labute approximate surface area is 212 Å². The van der Waals surface area contributed by atoms with Gasteiger partial charge >= 0.3 is 0 Å². The van der Waals surface area contributed by atoms with E-state index in [1.54, 1.807) is 18.3 Å². The zero-order valence-electron chi connectivity index (χ0n) is 19.9. The highest BCUT2D eigenvalue weighted by Crippen LogP contribution is 2.61. The van der Waals surface area contributed by atoms with Crippen molar-refractivity contribution in [3.05, 3.63) is 58.9 Å². The topological polar surface area (TPSA) is 127 Å². The quantitative estimate of drug-likeness (QED) is 0.520. The Bertz CT molecular complexity index is 1330. The number of nitrogens with two attached hydrogens (primary N) is 1. The lowest BCUT2D eigenvalue weighted by molar-refractivity contribution is -0.124. The highest BCUT2D eigenvalue weighted by Gasteiger charge is 2.64. The second-order valence-electron chi connectivity index (χ2n) is 9.50. The summed E-state index contributed by atoms with van der Waals surface area (Å²) in [7, 11) is 1.43. The van der Waals surface area contributed by atoms with Gasteiger partial charge in [0.2, 0.25) is 11.8 Å². The van der Waals surface area contributed by atoms with Crippen LogP contribution in [-0.2, 0) is 4.79 Å². The van der Waals surface area contributed by atoms with Crippen LogP contribution >= 0.6 is 11.6 Å². The van der Waals surface area contributed by atoms with Crippen molar-refractivity contribution in [3.63, 3.8) is 0 Å². The van der Waals surface area contributed by atoms with Gasteiger partial charge in [-0.3, -0.25) is 19.7 Å². The number of methoxy groups -OCH3 is 1. The maximum absolute atomic E-state index is 14.4. The minimum atomic E-state index is -0.580. The number of pyridine rings is 2. The molecule has 0 aromatic carbocycles. The van der Waals surface area contributed by atoms with E-state index in [4.69, 9.17) is 22.1 Å². The highest BCUT2D eigenvalue weighted by molar-refractivity contribution is 6.31. The van der Waals surface area contributed by atoms with Crippen molar-refractivity contribution in [1.82, 2.24) is 25.1 Å². The number of hydrogen-bond donors (Lipinski definition) is 2. The standard InChI is InChI=1S/C25H26ClFN6O3/c1-13(22-17(26)4-3-6-29-22)16-11-25(16)10-14(23(28)34)5-7-33(25)24(35)20-9-19(31-32-20)15-8-21(36-2)30-12-18(15)27/h3-4,6,8-9,12-14,16H,5,7,10-11H2,1-2H3,(H2,28,34)(H,31,32)/t13-,14?,16?,25?/m1/s1. The number of ether oxygens (including phenoxy) is 1. The van der Waals surface area contributed by atoms with E-state index in [-0.39, 0.29) is 52.4 Å². The first-order valence-corrected chi connectivity index (χ1v) is 12.1. The van der Waals surface area contributed by atoms with Crippen molar-refractivity contribution < 1.29 is 18.7 Å². The molecule has 2 aliphatic rings. The third kappa shape index (κ3) is 4.09. The van der Waals surface area contributed by atoms with Gasteiger partial charge in [0.15, 0.2) is 5.82 Å². The number of carbonyl (C=O) groups is 2. The molecule has 4 heterocycles. The Morgan fingerprint density at radius 2 is 2.14 bits per heavy atom. The summed E-state index contributed by atoms with van der Waals surface area (Å²) in [6.07, 6.45) is 4.40. The Morgan fingerprint density at radius 3 is 2.86 bits per heavy atom. The van der Waals surface area contributed by atoms with Crippen LogP contribution in [0.5, 0.6) is 5.88 Å². The van der Waals surface area contributed by atoms with Crippen LogP contribution in [0.15, 0.2) is 36.7 Å². The van der Waals surface area contributed by atoms with Crippen molar-refractivity contribution in [2.24, 2.45) is 17.6 Å². The van der Waals surface area contributed by atoms with Crippen molar-refractivity contribution in [2.45, 2.75) is 37.6 Å². The molecule has 0 radical (unpaired) electrons. The summed E-state index contributed by atoms with van der Waals surface area (Å²) < 4.78 is 19.5. The second-order valence-corrected chi connectivity index (χ2v) is 9.90. The van der Waals surface area contributed by atoms with Gasteiger partial charge in [-0.05, 0) is 43.4 Å². The molecular weight excluding hydrogens is 487 g/mol. The SMILES string of the molecule is COc1cc(-c2cc(C(=O)N3CCC(C(N)=O)CC34CC4[C@@H](C)c3ncccc3Cl)[nH]n2)c(F)cn1. The van der Waals surface area contributed by atoms with Crippen LogP contribution in [0.4, 0.5) is 4.39 Å². The lowest BCUT2D eigenvalue weighted by Gasteiger charge is -2.40. The number of piperidine rings is 1. The number of nitrogens with zero attached hydrogens (tertiary/aromatic N) is 4. The van der Waals surface area contributed by atoms with E-state index in [1.165, 1.54) is 19.2 Å². The Morgan fingerprint density at radius 1 is 1.33 bits per heavy atom. The molecule has 2 fully saturated rings. The summed E-state index contributed by atoms with van der Waals surface area (Å²) in [5.41, 5.74) is 6.54. The van der Waals surface area contributed by atoms with Gasteiger partial charge in [-0.2, -0.15) is 5.10 Å². The summed E-state index contributed by atoms with van der Waals surface area (Å²) in [6.45, 7) is 2.41. The molecule has 3 aromatic rings. The molecule has 3 N–H and O–H groups in total. The summed E-state index contributed by atoms with van der Waals surface area (Å²) in [5.74, 6) is -1.26. The normalized spacial score (nSPS) is 23.9. The fourth-order valence-corrected chi connectivity index (χ4v) is 5.86. The number of aromatic nitrogens is 4. The largest absolute Gasteiger partial charge is 0.481 e. The minimum absolute atomic E-state index is 0.0312. The van der Waals surface area contributed by atoms with E-state index >= 15 is 0 Å². The van der Waals surface area contributed by atoms with E-state index in [0.717, 1.165) is 11.9 Å². The number of rotatable bonds is 6. The van der Waals surface area contributed by atoms with Gasteiger partial charge in [0.1, 0.15) is 5.69 Å². The molecule has 4 atom stereocenters. The molecule has 1 saturated heterocycles. The van der Waals surface area contributed by atoms with Gasteiger partial charge < -0.3 is 15.4 Å². The van der Waals surface area contributed by atoms with E-state index in [9.17, 15) is 14.0 Å². The van der Waals surface area contributed by atoms with E-state index in [2.05, 4.69) is 20.2 Å². The lowest BCUT2D eigenvalue weighted by atomic mass is 9.84. The predicted octanol–water partition coefficient (Wildman–Crippen LogP) is 3.57. The molecule has 9 nitrogen and oxygen atoms in total. The average molecular weight is 513 g/mol. The maximum Gasteiger partial charge on any atom is 0.272 e. The van der Waals surface area contributed by atoms with E-state index in [1.807, 2.05) is 11.8 Å². The number of H-pyrrole nitrogens is 1. The minimum Gasteiger partial charge on any atom is -0.481 e. The number of amides is 2. The third-order valence-corrected chi connectivity index (χ3v) is 7.85. The zero-order chi connectivity index (χ0) is 25.6. The number of carbonyl (C=O) groups excluding carboxylic acids is 2. The number of primary amides is 1. The summed E-state index contributed by atoms with van der Waals surface area (Å²) in [4.78, 5) is 35.9. The first kappa shape index (κ1) is 24.2. The Hall–Kier alpha value is -3.53. The third-order valence-electron chi connectivity index (χ3n) is 7.53. The molecule has 1 aliphatic carbocycles. The fraction of sp³-hybridized carbons (Fsp3) is 0.400. The first-order valence-electron chi connectivity index (χ1n) is 11.7. The van der Waals surface area contributed by atoms with Gasteiger partial charge in [-0.25, -0.2) is 9.37 Å². The predicted molar refractivity (Wildman–Crippen MR) is 130 cm³/mol. The molecule has 5 rings (SSSR count).